The zero-order valence-corrected chi connectivity index (χ0v) is 15.9. The van der Waals surface area contributed by atoms with Gasteiger partial charge in [0.1, 0.15) is 0 Å². The molecule has 0 spiro atoms. The largest absolute Gasteiger partial charge is 0.342 e. The molecule has 0 aliphatic rings. The summed E-state index contributed by atoms with van der Waals surface area (Å²) >= 11 is 0. The van der Waals surface area contributed by atoms with E-state index in [1.807, 2.05) is 26.0 Å². The van der Waals surface area contributed by atoms with E-state index in [1.54, 1.807) is 25.6 Å². The fourth-order valence-corrected chi connectivity index (χ4v) is 3.02. The summed E-state index contributed by atoms with van der Waals surface area (Å²) in [4.78, 5) is 25.2. The van der Waals surface area contributed by atoms with Crippen LogP contribution in [0.1, 0.15) is 59.7 Å². The first kappa shape index (κ1) is 18.9. The summed E-state index contributed by atoms with van der Waals surface area (Å²) in [6.45, 7) is 9.71. The zero-order valence-electron chi connectivity index (χ0n) is 15.9. The lowest BCUT2D eigenvalue weighted by molar-refractivity contribution is -0.118. The first-order valence-electron chi connectivity index (χ1n) is 8.70. The Morgan fingerprint density at radius 3 is 2.20 bits per heavy atom. The molecule has 1 unspecified atom stereocenters. The van der Waals surface area contributed by atoms with Crippen LogP contribution in [-0.2, 0) is 18.3 Å². The Morgan fingerprint density at radius 2 is 1.76 bits per heavy atom. The van der Waals surface area contributed by atoms with Crippen molar-refractivity contribution in [3.05, 3.63) is 52.3 Å². The number of Topliss-reactive ketones (excluding diaryl/α,β-unsaturated/α-hetero) is 1. The molecule has 1 aromatic carbocycles. The fourth-order valence-electron chi connectivity index (χ4n) is 3.02. The second-order valence-corrected chi connectivity index (χ2v) is 6.79. The highest BCUT2D eigenvalue weighted by molar-refractivity contribution is 6.43. The highest BCUT2D eigenvalue weighted by atomic mass is 16.2. The molecule has 1 aromatic heterocycles. The van der Waals surface area contributed by atoms with E-state index in [9.17, 15) is 9.59 Å². The molecule has 0 aliphatic heterocycles. The molecule has 25 heavy (non-hydrogen) atoms. The van der Waals surface area contributed by atoms with E-state index >= 15 is 0 Å². The quantitative estimate of drug-likeness (QED) is 0.648. The second kappa shape index (κ2) is 7.64. The molecule has 0 fully saturated rings. The first-order valence-corrected chi connectivity index (χ1v) is 8.70. The van der Waals surface area contributed by atoms with Crippen LogP contribution in [0, 0.1) is 19.8 Å². The smallest absolute Gasteiger partial charge is 0.293 e. The number of rotatable bonds is 6. The van der Waals surface area contributed by atoms with E-state index in [1.165, 1.54) is 5.56 Å². The Labute approximate surface area is 149 Å². The van der Waals surface area contributed by atoms with Gasteiger partial charge in [-0.2, -0.15) is 5.10 Å². The van der Waals surface area contributed by atoms with Gasteiger partial charge in [0.05, 0.1) is 17.3 Å². The van der Waals surface area contributed by atoms with Gasteiger partial charge in [-0.05, 0) is 37.3 Å². The summed E-state index contributed by atoms with van der Waals surface area (Å²) < 4.78 is 1.62. The highest BCUT2D eigenvalue weighted by Gasteiger charge is 2.27. The van der Waals surface area contributed by atoms with E-state index in [0.717, 1.165) is 12.0 Å². The van der Waals surface area contributed by atoms with Crippen LogP contribution < -0.4 is 5.32 Å². The summed E-state index contributed by atoms with van der Waals surface area (Å²) in [5, 5.41) is 7.13. The third-order valence-corrected chi connectivity index (χ3v) is 4.64. The van der Waals surface area contributed by atoms with E-state index in [2.05, 4.69) is 29.5 Å². The number of amides is 1. The number of benzene rings is 1. The van der Waals surface area contributed by atoms with Crippen molar-refractivity contribution < 1.29 is 9.59 Å². The first-order chi connectivity index (χ1) is 11.8. The number of carbonyl (C=O) groups excluding carboxylic acids is 2. The lowest BCUT2D eigenvalue weighted by Gasteiger charge is -2.23. The van der Waals surface area contributed by atoms with Gasteiger partial charge in [-0.3, -0.25) is 14.3 Å². The number of nitrogens with one attached hydrogen (secondary N) is 1. The average molecular weight is 341 g/mol. The third-order valence-electron chi connectivity index (χ3n) is 4.64. The van der Waals surface area contributed by atoms with Gasteiger partial charge >= 0.3 is 0 Å². The maximum atomic E-state index is 12.6. The van der Waals surface area contributed by atoms with E-state index in [-0.39, 0.29) is 12.0 Å². The molecule has 1 atom stereocenters. The number of nitrogens with zero attached hydrogens (tertiary/aromatic N) is 2. The van der Waals surface area contributed by atoms with Crippen molar-refractivity contribution in [2.45, 2.75) is 47.1 Å². The minimum atomic E-state index is -0.586. The number of aromatic nitrogens is 2. The van der Waals surface area contributed by atoms with Crippen LogP contribution in [0.5, 0.6) is 0 Å². The van der Waals surface area contributed by atoms with Gasteiger partial charge in [0.15, 0.2) is 0 Å². The molecule has 134 valence electrons. The number of aryl methyl sites for hydroxylation is 3. The molecule has 1 heterocycles. The standard InChI is InChI=1S/C20H27N3O2/c1-7-15-8-10-16(11-9-15)18(12(2)3)21-20(25)19(24)17-13(4)22-23(6)14(17)5/h8-12,18H,7H2,1-6H3,(H,21,25). The van der Waals surface area contributed by atoms with Crippen LogP contribution in [0.25, 0.3) is 0 Å². The Hall–Kier alpha value is -2.43. The molecule has 2 rings (SSSR count). The summed E-state index contributed by atoms with van der Waals surface area (Å²) in [5.74, 6) is -0.947. The normalized spacial score (nSPS) is 12.3. The van der Waals surface area contributed by atoms with Gasteiger partial charge in [-0.15, -0.1) is 0 Å². The topological polar surface area (TPSA) is 64.0 Å². The van der Waals surface area contributed by atoms with Crippen molar-refractivity contribution in [3.63, 3.8) is 0 Å². The number of ketones is 1. The van der Waals surface area contributed by atoms with Crippen LogP contribution in [0.15, 0.2) is 24.3 Å². The predicted octanol–water partition coefficient (Wildman–Crippen LogP) is 3.30. The van der Waals surface area contributed by atoms with Gasteiger partial charge in [-0.25, -0.2) is 0 Å². The minimum absolute atomic E-state index is 0.167. The molecule has 1 amide bonds. The molecule has 0 saturated carbocycles. The monoisotopic (exact) mass is 341 g/mol. The molecule has 2 aromatic rings. The highest BCUT2D eigenvalue weighted by Crippen LogP contribution is 2.23. The van der Waals surface area contributed by atoms with Gasteiger partial charge in [0.25, 0.3) is 11.7 Å². The van der Waals surface area contributed by atoms with Crippen LogP contribution in [-0.4, -0.2) is 21.5 Å². The van der Waals surface area contributed by atoms with Crippen molar-refractivity contribution in [1.29, 1.82) is 0 Å². The molecule has 5 nitrogen and oxygen atoms in total. The van der Waals surface area contributed by atoms with Crippen LogP contribution in [0.2, 0.25) is 0 Å². The van der Waals surface area contributed by atoms with Crippen LogP contribution in [0.3, 0.4) is 0 Å². The summed E-state index contributed by atoms with van der Waals surface area (Å²) in [5.41, 5.74) is 3.92. The van der Waals surface area contributed by atoms with Crippen molar-refractivity contribution in [2.24, 2.45) is 13.0 Å². The second-order valence-electron chi connectivity index (χ2n) is 6.79. The predicted molar refractivity (Wildman–Crippen MR) is 98.6 cm³/mol. The lowest BCUT2D eigenvalue weighted by atomic mass is 9.94. The van der Waals surface area contributed by atoms with E-state index in [4.69, 9.17) is 0 Å². The van der Waals surface area contributed by atoms with Crippen molar-refractivity contribution in [1.82, 2.24) is 15.1 Å². The van der Waals surface area contributed by atoms with Gasteiger partial charge in [0.2, 0.25) is 0 Å². The summed E-state index contributed by atoms with van der Waals surface area (Å²) in [6.07, 6.45) is 0.969. The maximum absolute atomic E-state index is 12.6. The average Bonchev–Trinajstić information content (AvgIpc) is 2.84. The Morgan fingerprint density at radius 1 is 1.16 bits per heavy atom. The molecular formula is C20H27N3O2. The van der Waals surface area contributed by atoms with Crippen molar-refractivity contribution in [3.8, 4) is 0 Å². The molecule has 0 radical (unpaired) electrons. The number of hydrogen-bond donors (Lipinski definition) is 1. The van der Waals surface area contributed by atoms with Gasteiger partial charge < -0.3 is 5.32 Å². The summed E-state index contributed by atoms with van der Waals surface area (Å²) in [7, 11) is 1.77. The number of hydrogen-bond acceptors (Lipinski definition) is 3. The molecule has 5 heteroatoms. The SMILES string of the molecule is CCc1ccc(C(NC(=O)C(=O)c2c(C)nn(C)c2C)C(C)C)cc1. The van der Waals surface area contributed by atoms with Crippen LogP contribution >= 0.6 is 0 Å². The summed E-state index contributed by atoms with van der Waals surface area (Å²) in [6, 6.07) is 7.96. The van der Waals surface area contributed by atoms with Crippen molar-refractivity contribution in [2.75, 3.05) is 0 Å². The fraction of sp³-hybridized carbons (Fsp3) is 0.450. The Balaban J connectivity index is 2.23. The molecule has 1 N–H and O–H groups in total. The molecule has 0 saturated heterocycles. The Kier molecular flexibility index (Phi) is 5.77. The van der Waals surface area contributed by atoms with E-state index in [0.29, 0.717) is 17.0 Å². The molecular weight excluding hydrogens is 314 g/mol. The number of carbonyl (C=O) groups is 2. The van der Waals surface area contributed by atoms with Crippen LogP contribution in [0.4, 0.5) is 0 Å². The minimum Gasteiger partial charge on any atom is -0.342 e. The zero-order chi connectivity index (χ0) is 18.7. The Bertz CT molecular complexity index is 773. The maximum Gasteiger partial charge on any atom is 0.293 e. The van der Waals surface area contributed by atoms with Gasteiger partial charge in [0, 0.05) is 12.7 Å². The lowest BCUT2D eigenvalue weighted by Crippen LogP contribution is -2.37. The molecule has 0 aliphatic carbocycles. The van der Waals surface area contributed by atoms with Gasteiger partial charge in [-0.1, -0.05) is 45.0 Å². The third kappa shape index (κ3) is 3.98. The van der Waals surface area contributed by atoms with Crippen molar-refractivity contribution >= 4 is 11.7 Å². The molecule has 0 bridgehead atoms. The van der Waals surface area contributed by atoms with E-state index < -0.39 is 11.7 Å².